The number of nitrogens with one attached hydrogen (secondary N) is 3. The molecule has 0 aromatic heterocycles. The molecule has 0 rings (SSSR count). The van der Waals surface area contributed by atoms with Crippen LogP contribution in [0.4, 0.5) is 9.59 Å². The van der Waals surface area contributed by atoms with Crippen LogP contribution in [0.25, 0.3) is 0 Å². The van der Waals surface area contributed by atoms with Crippen molar-refractivity contribution in [2.24, 2.45) is 0 Å². The smallest absolute Gasteiger partial charge is 0.407 e. The first-order valence-electron chi connectivity index (χ1n) is 13.0. The van der Waals surface area contributed by atoms with Gasteiger partial charge in [-0.15, -0.1) is 0 Å². The molecule has 0 aliphatic heterocycles. The number of carbonyl (C=O) groups excluding carboxylic acids is 3. The summed E-state index contributed by atoms with van der Waals surface area (Å²) in [5.74, 6) is -0.429. The van der Waals surface area contributed by atoms with Crippen LogP contribution < -0.4 is 20.8 Å². The van der Waals surface area contributed by atoms with Gasteiger partial charge in [-0.25, -0.2) is 9.59 Å². The highest BCUT2D eigenvalue weighted by atomic mass is 31.2. The minimum absolute atomic E-state index is 0. The Hall–Kier alpha value is -2.04. The summed E-state index contributed by atoms with van der Waals surface area (Å²) in [7, 11) is -0.173. The molecule has 0 fully saturated rings. The van der Waals surface area contributed by atoms with Crippen LogP contribution in [0.5, 0.6) is 0 Å². The molecule has 0 heterocycles. The molecule has 252 valence electrons. The van der Waals surface area contributed by atoms with Gasteiger partial charge in [0.05, 0.1) is 46.2 Å². The van der Waals surface area contributed by atoms with Crippen LogP contribution >= 0.6 is 7.82 Å². The third kappa shape index (κ3) is 28.1. The molecule has 0 aromatic carbocycles. The van der Waals surface area contributed by atoms with Gasteiger partial charge >= 0.3 is 12.2 Å². The summed E-state index contributed by atoms with van der Waals surface area (Å²) in [6.07, 6.45) is 0.758. The van der Waals surface area contributed by atoms with E-state index in [1.54, 1.807) is 14.2 Å². The van der Waals surface area contributed by atoms with Crippen LogP contribution in [0.3, 0.4) is 0 Å². The van der Waals surface area contributed by atoms with E-state index in [-0.39, 0.29) is 60.9 Å². The third-order valence-corrected chi connectivity index (χ3v) is 5.87. The lowest BCUT2D eigenvalue weighted by Crippen LogP contribution is -2.47. The molecule has 3 N–H and O–H groups in total. The predicted molar refractivity (Wildman–Crippen MR) is 153 cm³/mol. The predicted octanol–water partition coefficient (Wildman–Crippen LogP) is 1.60. The van der Waals surface area contributed by atoms with Gasteiger partial charge in [-0.2, -0.15) is 0 Å². The Morgan fingerprint density at radius 1 is 0.690 bits per heavy atom. The number of phosphoric ester groups is 1. The number of phosphoric acid groups is 1. The molecule has 0 spiro atoms. The van der Waals surface area contributed by atoms with Crippen molar-refractivity contribution in [2.45, 2.75) is 53.0 Å². The highest BCUT2D eigenvalue weighted by molar-refractivity contribution is 7.45. The van der Waals surface area contributed by atoms with Gasteiger partial charge < -0.3 is 58.3 Å². The van der Waals surface area contributed by atoms with Crippen molar-refractivity contribution >= 4 is 25.9 Å². The number of hydrogen-bond donors (Lipinski definition) is 3. The van der Waals surface area contributed by atoms with E-state index in [1.165, 1.54) is 0 Å². The van der Waals surface area contributed by atoms with Crippen molar-refractivity contribution in [1.82, 2.24) is 16.0 Å². The van der Waals surface area contributed by atoms with E-state index in [9.17, 15) is 23.8 Å². The first kappa shape index (κ1) is 44.4. The maximum absolute atomic E-state index is 12.7. The molecule has 2 atom stereocenters. The number of carbonyl (C=O) groups is 3. The van der Waals surface area contributed by atoms with Gasteiger partial charge in [0, 0.05) is 34.4 Å². The summed E-state index contributed by atoms with van der Waals surface area (Å²) in [6, 6.07) is -0.885. The van der Waals surface area contributed by atoms with Crippen molar-refractivity contribution < 1.29 is 61.3 Å². The molecule has 0 saturated carbocycles. The Kier molecular flexibility index (Phi) is 32.2. The third-order valence-electron chi connectivity index (χ3n) is 4.93. The molecule has 3 amide bonds. The van der Waals surface area contributed by atoms with Crippen molar-refractivity contribution in [1.29, 1.82) is 0 Å². The lowest BCUT2D eigenvalue weighted by Gasteiger charge is -2.20. The fourth-order valence-corrected chi connectivity index (χ4v) is 3.29. The maximum Gasteiger partial charge on any atom is 0.407 e. The molecule has 0 saturated heterocycles. The molecule has 0 bridgehead atoms. The normalized spacial score (nSPS) is 12.6. The van der Waals surface area contributed by atoms with Gasteiger partial charge in [0.15, 0.2) is 0 Å². The second kappa shape index (κ2) is 30.4. The van der Waals surface area contributed by atoms with Crippen molar-refractivity contribution in [3.05, 3.63) is 0 Å². The molecule has 0 aliphatic carbocycles. The molecule has 0 aromatic rings. The fourth-order valence-electron chi connectivity index (χ4n) is 2.83. The second-order valence-corrected chi connectivity index (χ2v) is 9.58. The van der Waals surface area contributed by atoms with Gasteiger partial charge in [-0.3, -0.25) is 9.36 Å². The number of rotatable bonds is 26. The quantitative estimate of drug-likeness (QED) is 0.0916. The van der Waals surface area contributed by atoms with Gasteiger partial charge in [0.1, 0.15) is 19.3 Å². The number of methoxy groups -OCH3 is 2. The number of hydrogen-bond acceptors (Lipinski definition) is 13. The van der Waals surface area contributed by atoms with E-state index in [1.807, 2.05) is 0 Å². The standard InChI is InChI=1S/C23H46N3O13P.2CH4/c1-32-12-14-35-16-18-37-22(28)25-10-5-4-8-20(26-23(29)38-19-17-36-15-13-33-2)21(27)24-9-6-7-11-39-40(30,31)34-3;;/h20H,4-19H2,1-3H3,(H,24,27)(H,25,28)(H,26,29)(H,30,31);2*1H4/p-1. The van der Waals surface area contributed by atoms with Crippen LogP contribution in [-0.4, -0.2) is 118 Å². The van der Waals surface area contributed by atoms with E-state index in [0.29, 0.717) is 58.7 Å². The van der Waals surface area contributed by atoms with E-state index in [4.69, 9.17) is 28.4 Å². The summed E-state index contributed by atoms with van der Waals surface area (Å²) in [5, 5.41) is 7.84. The number of unbranched alkanes of at least 4 members (excludes halogenated alkanes) is 2. The molecule has 2 unspecified atom stereocenters. The fraction of sp³-hybridized carbons (Fsp3) is 0.880. The molecule has 0 aliphatic rings. The monoisotopic (exact) mass is 634 g/mol. The van der Waals surface area contributed by atoms with Gasteiger partial charge in [0.2, 0.25) is 5.91 Å². The Morgan fingerprint density at radius 3 is 1.79 bits per heavy atom. The summed E-state index contributed by atoms with van der Waals surface area (Å²) < 4.78 is 50.2. The van der Waals surface area contributed by atoms with Gasteiger partial charge in [0.25, 0.3) is 7.82 Å². The van der Waals surface area contributed by atoms with Crippen molar-refractivity contribution in [3.8, 4) is 0 Å². The zero-order valence-corrected chi connectivity index (χ0v) is 24.5. The minimum atomic E-state index is -4.28. The van der Waals surface area contributed by atoms with Crippen LogP contribution in [0, 0.1) is 0 Å². The summed E-state index contributed by atoms with van der Waals surface area (Å²) in [6.45, 7) is 2.65. The van der Waals surface area contributed by atoms with Crippen LogP contribution in [0.15, 0.2) is 0 Å². The van der Waals surface area contributed by atoms with E-state index in [2.05, 4.69) is 25.0 Å². The molecule has 42 heavy (non-hydrogen) atoms. The average molecular weight is 635 g/mol. The Morgan fingerprint density at radius 2 is 1.21 bits per heavy atom. The average Bonchev–Trinajstić information content (AvgIpc) is 2.93. The summed E-state index contributed by atoms with van der Waals surface area (Å²) in [4.78, 5) is 47.7. The van der Waals surface area contributed by atoms with Crippen LogP contribution in [0.1, 0.15) is 47.0 Å². The largest absolute Gasteiger partial charge is 0.756 e. The molecule has 0 radical (unpaired) electrons. The lowest BCUT2D eigenvalue weighted by atomic mass is 10.1. The summed E-state index contributed by atoms with van der Waals surface area (Å²) >= 11 is 0. The highest BCUT2D eigenvalue weighted by Gasteiger charge is 2.21. The van der Waals surface area contributed by atoms with Crippen LogP contribution in [-0.2, 0) is 46.8 Å². The molecule has 16 nitrogen and oxygen atoms in total. The first-order chi connectivity index (χ1) is 19.3. The van der Waals surface area contributed by atoms with E-state index < -0.39 is 32.0 Å². The number of alkyl carbamates (subject to hydrolysis) is 2. The van der Waals surface area contributed by atoms with Gasteiger partial charge in [-0.1, -0.05) is 14.9 Å². The first-order valence-corrected chi connectivity index (χ1v) is 14.5. The number of ether oxygens (including phenoxy) is 6. The van der Waals surface area contributed by atoms with E-state index >= 15 is 0 Å². The Balaban J connectivity index is -0.00000760. The Bertz CT molecular complexity index is 719. The zero-order valence-electron chi connectivity index (χ0n) is 23.6. The zero-order chi connectivity index (χ0) is 29.9. The maximum atomic E-state index is 12.7. The molecular weight excluding hydrogens is 581 g/mol. The highest BCUT2D eigenvalue weighted by Crippen LogP contribution is 2.36. The van der Waals surface area contributed by atoms with Gasteiger partial charge in [-0.05, 0) is 32.1 Å². The van der Waals surface area contributed by atoms with Crippen LogP contribution in [0.2, 0.25) is 0 Å². The SMILES string of the molecule is C.C.COCCOCCOC(=O)NCCCCC(NC(=O)OCCOCCOC)C(=O)NCCCCOP(=O)([O-])OC. The lowest BCUT2D eigenvalue weighted by molar-refractivity contribution is -0.223. The molecule has 17 heteroatoms. The molecular formula is C25H53N3O13P-. The Labute approximate surface area is 250 Å². The second-order valence-electron chi connectivity index (χ2n) is 8.06. The van der Waals surface area contributed by atoms with Crippen molar-refractivity contribution in [3.63, 3.8) is 0 Å². The minimum Gasteiger partial charge on any atom is -0.756 e. The number of amides is 3. The van der Waals surface area contributed by atoms with E-state index in [0.717, 1.165) is 7.11 Å². The van der Waals surface area contributed by atoms with Crippen molar-refractivity contribution in [2.75, 3.05) is 93.9 Å². The summed E-state index contributed by atoms with van der Waals surface area (Å²) in [5.41, 5.74) is 0. The topological polar surface area (TPSA) is 201 Å².